The van der Waals surface area contributed by atoms with Crippen molar-refractivity contribution in [3.8, 4) is 0 Å². The third-order valence-electron chi connectivity index (χ3n) is 1.64. The van der Waals surface area contributed by atoms with Gasteiger partial charge >= 0.3 is 0 Å². The van der Waals surface area contributed by atoms with Gasteiger partial charge in [-0.15, -0.1) is 11.3 Å². The summed E-state index contributed by atoms with van der Waals surface area (Å²) >= 11 is 5.02. The average molecular weight is 338 g/mol. The molecule has 74 valence electrons. The predicted molar refractivity (Wildman–Crippen MR) is 65.7 cm³/mol. The molecule has 1 unspecified atom stereocenters. The van der Waals surface area contributed by atoms with Crippen LogP contribution < -0.4 is 0 Å². The van der Waals surface area contributed by atoms with Gasteiger partial charge < -0.3 is 5.11 Å². The molecule has 0 saturated heterocycles. The smallest absolute Gasteiger partial charge is 0.141 e. The van der Waals surface area contributed by atoms with Crippen molar-refractivity contribution >= 4 is 45.5 Å². The van der Waals surface area contributed by atoms with Gasteiger partial charge in [-0.25, -0.2) is 4.98 Å². The van der Waals surface area contributed by atoms with Gasteiger partial charge in [-0.1, -0.05) is 0 Å². The highest BCUT2D eigenvalue weighted by Gasteiger charge is 2.16. The first-order valence-electron chi connectivity index (χ1n) is 3.89. The monoisotopic (exact) mass is 338 g/mol. The first kappa shape index (κ1) is 10.5. The van der Waals surface area contributed by atoms with Crippen molar-refractivity contribution in [3.05, 3.63) is 30.7 Å². The minimum atomic E-state index is -0.616. The molecule has 0 aromatic carbocycles. The fourth-order valence-electron chi connectivity index (χ4n) is 1.03. The van der Waals surface area contributed by atoms with Gasteiger partial charge in [-0.05, 0) is 47.1 Å². The first-order valence-corrected chi connectivity index (χ1v) is 6.56. The van der Waals surface area contributed by atoms with E-state index in [1.165, 1.54) is 22.9 Å². The molecule has 2 aromatic heterocycles. The zero-order valence-corrected chi connectivity index (χ0v) is 11.1. The van der Waals surface area contributed by atoms with Crippen LogP contribution in [0.25, 0.3) is 0 Å². The molecule has 6 heteroatoms. The minimum absolute atomic E-state index is 0.616. The van der Waals surface area contributed by atoms with E-state index in [-0.39, 0.29) is 0 Å². The number of hydrogen-bond acceptors (Lipinski definition) is 5. The maximum Gasteiger partial charge on any atom is 0.141 e. The lowest BCUT2D eigenvalue weighted by molar-refractivity contribution is 0.223. The van der Waals surface area contributed by atoms with Crippen LogP contribution in [0, 0.1) is 9.81 Å². The summed E-state index contributed by atoms with van der Waals surface area (Å²) in [6.07, 6.45) is 1.15. The topological polar surface area (TPSA) is 46.0 Å². The van der Waals surface area contributed by atoms with Crippen LogP contribution in [-0.4, -0.2) is 14.5 Å². The highest BCUT2D eigenvalue weighted by Crippen LogP contribution is 2.29. The molecule has 0 aliphatic rings. The average Bonchev–Trinajstić information content (AvgIpc) is 2.73. The molecule has 0 spiro atoms. The Morgan fingerprint density at radius 1 is 1.57 bits per heavy atom. The molecule has 0 amide bonds. The van der Waals surface area contributed by atoms with Crippen molar-refractivity contribution in [2.24, 2.45) is 0 Å². The van der Waals surface area contributed by atoms with Crippen LogP contribution >= 0.6 is 45.5 Å². The molecule has 0 fully saturated rings. The Balaban J connectivity index is 2.28. The van der Waals surface area contributed by atoms with Crippen molar-refractivity contribution in [1.29, 1.82) is 0 Å². The van der Waals surface area contributed by atoms with Crippen LogP contribution in [-0.2, 0) is 0 Å². The number of halogens is 1. The summed E-state index contributed by atoms with van der Waals surface area (Å²) in [6.45, 7) is 1.92. The summed E-state index contributed by atoms with van der Waals surface area (Å²) < 4.78 is 5.21. The zero-order chi connectivity index (χ0) is 10.1. The number of hydrogen-bond donors (Lipinski definition) is 1. The number of rotatable bonds is 2. The number of aromatic nitrogens is 2. The van der Waals surface area contributed by atoms with Crippen molar-refractivity contribution < 1.29 is 5.11 Å². The van der Waals surface area contributed by atoms with Gasteiger partial charge in [0, 0.05) is 0 Å². The summed E-state index contributed by atoms with van der Waals surface area (Å²) in [5.41, 5.74) is 0.940. The van der Waals surface area contributed by atoms with Gasteiger partial charge in [0.2, 0.25) is 0 Å². The Bertz CT molecular complexity index is 400. The Morgan fingerprint density at radius 2 is 2.36 bits per heavy atom. The summed E-state index contributed by atoms with van der Waals surface area (Å²) in [5, 5.41) is 10.7. The molecular formula is C8H7IN2OS2. The molecule has 0 bridgehead atoms. The third kappa shape index (κ3) is 2.13. The summed E-state index contributed by atoms with van der Waals surface area (Å²) in [7, 11) is 0. The zero-order valence-electron chi connectivity index (χ0n) is 7.27. The van der Waals surface area contributed by atoms with Crippen LogP contribution in [0.1, 0.15) is 21.7 Å². The Hall–Kier alpha value is -0.0500. The minimum Gasteiger partial charge on any atom is -0.380 e. The molecular weight excluding hydrogens is 331 g/mol. The molecule has 14 heavy (non-hydrogen) atoms. The SMILES string of the molecule is Cc1cc(C(O)c2ncc(I)s2)sn1. The molecule has 1 atom stereocenters. The summed E-state index contributed by atoms with van der Waals surface area (Å²) in [5.74, 6) is 0. The first-order chi connectivity index (χ1) is 6.66. The highest BCUT2D eigenvalue weighted by molar-refractivity contribution is 14.1. The van der Waals surface area contributed by atoms with E-state index in [9.17, 15) is 5.11 Å². The van der Waals surface area contributed by atoms with Crippen molar-refractivity contribution in [2.75, 3.05) is 0 Å². The van der Waals surface area contributed by atoms with Crippen molar-refractivity contribution in [3.63, 3.8) is 0 Å². The largest absolute Gasteiger partial charge is 0.380 e. The van der Waals surface area contributed by atoms with Crippen LogP contribution in [0.3, 0.4) is 0 Å². The standard InChI is InChI=1S/C8H7IN2OS2/c1-4-2-5(14-11-4)7(12)8-10-3-6(9)13-8/h2-3,7,12H,1H3. The molecule has 2 rings (SSSR count). The molecule has 2 heterocycles. The summed E-state index contributed by atoms with van der Waals surface area (Å²) in [6, 6.07) is 1.89. The van der Waals surface area contributed by atoms with E-state index in [4.69, 9.17) is 0 Å². The molecule has 0 aliphatic heterocycles. The lowest BCUT2D eigenvalue weighted by Gasteiger charge is -2.01. The van der Waals surface area contributed by atoms with Gasteiger partial charge in [0.1, 0.15) is 11.1 Å². The predicted octanol–water partition coefficient (Wildman–Crippen LogP) is 2.59. The lowest BCUT2D eigenvalue weighted by atomic mass is 10.3. The molecule has 1 N–H and O–H groups in total. The molecule has 0 radical (unpaired) electrons. The Kier molecular flexibility index (Phi) is 3.15. The lowest BCUT2D eigenvalue weighted by Crippen LogP contribution is -1.95. The fourth-order valence-corrected chi connectivity index (χ4v) is 3.30. The number of nitrogens with zero attached hydrogens (tertiary/aromatic N) is 2. The van der Waals surface area contributed by atoms with E-state index < -0.39 is 6.10 Å². The van der Waals surface area contributed by atoms with Gasteiger partial charge in [0.25, 0.3) is 0 Å². The molecule has 2 aromatic rings. The van der Waals surface area contributed by atoms with Gasteiger partial charge in [-0.2, -0.15) is 4.37 Å². The number of thiazole rings is 1. The normalized spacial score (nSPS) is 13.1. The van der Waals surface area contributed by atoms with Crippen molar-refractivity contribution in [2.45, 2.75) is 13.0 Å². The summed E-state index contributed by atoms with van der Waals surface area (Å²) in [4.78, 5) is 5.00. The van der Waals surface area contributed by atoms with Gasteiger partial charge in [0.05, 0.1) is 19.7 Å². The quantitative estimate of drug-likeness (QED) is 0.857. The van der Waals surface area contributed by atoms with E-state index in [0.29, 0.717) is 0 Å². The van der Waals surface area contributed by atoms with E-state index in [1.807, 2.05) is 13.0 Å². The van der Waals surface area contributed by atoms with Crippen LogP contribution in [0.5, 0.6) is 0 Å². The second-order valence-electron chi connectivity index (χ2n) is 2.78. The maximum atomic E-state index is 9.93. The van der Waals surface area contributed by atoms with Crippen LogP contribution in [0.4, 0.5) is 0 Å². The van der Waals surface area contributed by atoms with E-state index >= 15 is 0 Å². The van der Waals surface area contributed by atoms with E-state index in [2.05, 4.69) is 31.9 Å². The van der Waals surface area contributed by atoms with E-state index in [1.54, 1.807) is 6.20 Å². The molecule has 3 nitrogen and oxygen atoms in total. The van der Waals surface area contributed by atoms with Crippen LogP contribution in [0.15, 0.2) is 12.3 Å². The molecule has 0 saturated carbocycles. The number of aryl methyl sites for hydroxylation is 1. The van der Waals surface area contributed by atoms with Gasteiger partial charge in [0.15, 0.2) is 0 Å². The van der Waals surface area contributed by atoms with Gasteiger partial charge in [-0.3, -0.25) is 0 Å². The third-order valence-corrected chi connectivity index (χ3v) is 4.35. The Labute approximate surface area is 103 Å². The second kappa shape index (κ2) is 4.21. The Morgan fingerprint density at radius 3 is 2.86 bits per heavy atom. The van der Waals surface area contributed by atoms with E-state index in [0.717, 1.165) is 18.5 Å². The number of aliphatic hydroxyl groups excluding tert-OH is 1. The van der Waals surface area contributed by atoms with Crippen molar-refractivity contribution in [1.82, 2.24) is 9.36 Å². The maximum absolute atomic E-state index is 9.93. The fraction of sp³-hybridized carbons (Fsp3) is 0.250. The number of aliphatic hydroxyl groups is 1. The second-order valence-corrected chi connectivity index (χ2v) is 6.57. The molecule has 0 aliphatic carbocycles. The highest BCUT2D eigenvalue weighted by atomic mass is 127. The van der Waals surface area contributed by atoms with Crippen LogP contribution in [0.2, 0.25) is 0 Å².